The first-order chi connectivity index (χ1) is 19.1. The van der Waals surface area contributed by atoms with E-state index in [0.29, 0.717) is 5.56 Å². The summed E-state index contributed by atoms with van der Waals surface area (Å²) in [5, 5.41) is 19.1. The number of aliphatic hydroxyl groups is 1. The highest BCUT2D eigenvalue weighted by Gasteiger charge is 2.33. The number of nitrogens with zero attached hydrogens (tertiary/aromatic N) is 2. The summed E-state index contributed by atoms with van der Waals surface area (Å²) < 4.78 is 99.1. The summed E-state index contributed by atoms with van der Waals surface area (Å²) in [6.07, 6.45) is -4.96. The second-order valence-corrected chi connectivity index (χ2v) is 12.7. The van der Waals surface area contributed by atoms with E-state index in [1.165, 1.54) is 55.6 Å². The molecule has 0 radical (unpaired) electrons. The maximum absolute atomic E-state index is 13.0. The molecular weight excluding hydrogens is 593 g/mol. The molecule has 0 bridgehead atoms. The molecule has 3 aromatic carbocycles. The van der Waals surface area contributed by atoms with Crippen LogP contribution in [0.25, 0.3) is 0 Å². The highest BCUT2D eigenvalue weighted by atomic mass is 32.2. The zero-order valence-electron chi connectivity index (χ0n) is 21.3. The van der Waals surface area contributed by atoms with Crippen molar-refractivity contribution in [2.75, 3.05) is 22.9 Å². The standard InChI is InChI=1S/C25H25F3N2O9S2/c1-29(19-4-2-18(14-31)3-5-19)41(36,37)16-20(30(33)17-32)15-40(34,35)24-12-10-22(11-13-24)38-21-6-8-23(9-7-21)39-25(26,27)28/h2-13,17,20,31,33H,14-16H2,1H3. The highest BCUT2D eigenvalue weighted by Crippen LogP contribution is 2.28. The third-order valence-corrected chi connectivity index (χ3v) is 9.34. The normalized spacial score (nSPS) is 12.8. The van der Waals surface area contributed by atoms with Crippen LogP contribution < -0.4 is 13.8 Å². The first-order valence-corrected chi connectivity index (χ1v) is 14.8. The van der Waals surface area contributed by atoms with Gasteiger partial charge in [-0.2, -0.15) is 0 Å². The Morgan fingerprint density at radius 2 is 1.37 bits per heavy atom. The van der Waals surface area contributed by atoms with Gasteiger partial charge in [0.05, 0.1) is 34.7 Å². The van der Waals surface area contributed by atoms with E-state index in [9.17, 15) is 40.0 Å². The number of halogens is 3. The van der Waals surface area contributed by atoms with Gasteiger partial charge in [-0.1, -0.05) is 12.1 Å². The predicted molar refractivity (Wildman–Crippen MR) is 140 cm³/mol. The number of sulfonamides is 1. The molecule has 3 rings (SSSR count). The zero-order chi connectivity index (χ0) is 30.4. The maximum atomic E-state index is 13.0. The lowest BCUT2D eigenvalue weighted by Gasteiger charge is -2.26. The number of anilines is 1. The number of rotatable bonds is 13. The van der Waals surface area contributed by atoms with Crippen molar-refractivity contribution in [1.29, 1.82) is 0 Å². The number of hydrogen-bond donors (Lipinski definition) is 2. The van der Waals surface area contributed by atoms with E-state index in [2.05, 4.69) is 4.74 Å². The van der Waals surface area contributed by atoms with E-state index in [-0.39, 0.29) is 40.2 Å². The van der Waals surface area contributed by atoms with Crippen LogP contribution >= 0.6 is 0 Å². The van der Waals surface area contributed by atoms with Gasteiger partial charge >= 0.3 is 6.36 Å². The summed E-state index contributed by atoms with van der Waals surface area (Å²) in [6.45, 7) is -0.253. The SMILES string of the molecule is CN(c1ccc(CO)cc1)S(=O)(=O)CC(CS(=O)(=O)c1ccc(Oc2ccc(OC(F)(F)F)cc2)cc1)N(O)C=O. The Morgan fingerprint density at radius 3 is 1.85 bits per heavy atom. The molecular formula is C25H25F3N2O9S2. The second-order valence-electron chi connectivity index (χ2n) is 8.58. The van der Waals surface area contributed by atoms with Gasteiger partial charge in [0, 0.05) is 7.05 Å². The number of amides is 1. The fraction of sp³-hybridized carbons (Fsp3) is 0.240. The molecule has 0 saturated heterocycles. The monoisotopic (exact) mass is 618 g/mol. The second kappa shape index (κ2) is 12.8. The number of aliphatic hydroxyl groups excluding tert-OH is 1. The van der Waals surface area contributed by atoms with Gasteiger partial charge in [-0.05, 0) is 66.2 Å². The number of carbonyl (C=O) groups is 1. The Hall–Kier alpha value is -3.86. The van der Waals surface area contributed by atoms with Crippen LogP contribution in [0.4, 0.5) is 18.9 Å². The molecule has 222 valence electrons. The van der Waals surface area contributed by atoms with Crippen molar-refractivity contribution in [3.05, 3.63) is 78.4 Å². The molecule has 1 amide bonds. The lowest BCUT2D eigenvalue weighted by atomic mass is 10.2. The van der Waals surface area contributed by atoms with Crippen molar-refractivity contribution in [2.24, 2.45) is 0 Å². The molecule has 1 unspecified atom stereocenters. The van der Waals surface area contributed by atoms with E-state index >= 15 is 0 Å². The fourth-order valence-corrected chi connectivity index (χ4v) is 6.62. The molecule has 0 heterocycles. The van der Waals surface area contributed by atoms with Crippen molar-refractivity contribution in [3.63, 3.8) is 0 Å². The quantitative estimate of drug-likeness (QED) is 0.167. The van der Waals surface area contributed by atoms with E-state index in [1.54, 1.807) is 0 Å². The molecule has 2 N–H and O–H groups in total. The Kier molecular flexibility index (Phi) is 9.85. The molecule has 0 spiro atoms. The van der Waals surface area contributed by atoms with Gasteiger partial charge in [0.1, 0.15) is 17.2 Å². The molecule has 41 heavy (non-hydrogen) atoms. The number of ether oxygens (including phenoxy) is 2. The lowest BCUT2D eigenvalue weighted by molar-refractivity contribution is -0.274. The minimum Gasteiger partial charge on any atom is -0.457 e. The molecule has 0 fully saturated rings. The largest absolute Gasteiger partial charge is 0.573 e. The van der Waals surface area contributed by atoms with Crippen LogP contribution in [-0.2, 0) is 31.3 Å². The van der Waals surface area contributed by atoms with Gasteiger partial charge in [-0.25, -0.2) is 21.9 Å². The Labute approximate surface area is 233 Å². The van der Waals surface area contributed by atoms with Gasteiger partial charge in [0.2, 0.25) is 16.4 Å². The van der Waals surface area contributed by atoms with Crippen LogP contribution in [0.1, 0.15) is 5.56 Å². The zero-order valence-corrected chi connectivity index (χ0v) is 22.9. The van der Waals surface area contributed by atoms with Gasteiger partial charge in [-0.3, -0.25) is 14.3 Å². The van der Waals surface area contributed by atoms with Crippen molar-refractivity contribution in [2.45, 2.75) is 23.9 Å². The minimum absolute atomic E-state index is 0.0263. The van der Waals surface area contributed by atoms with E-state index in [1.807, 2.05) is 0 Å². The third-order valence-electron chi connectivity index (χ3n) is 5.67. The van der Waals surface area contributed by atoms with Crippen molar-refractivity contribution >= 4 is 32.0 Å². The lowest BCUT2D eigenvalue weighted by Crippen LogP contribution is -2.45. The van der Waals surface area contributed by atoms with Crippen molar-refractivity contribution < 1.29 is 54.6 Å². The molecule has 0 aliphatic heterocycles. The number of hydroxylamine groups is 2. The molecule has 3 aromatic rings. The average Bonchev–Trinajstić information content (AvgIpc) is 2.92. The van der Waals surface area contributed by atoms with Gasteiger partial charge in [0.25, 0.3) is 0 Å². The summed E-state index contributed by atoms with van der Waals surface area (Å²) in [6, 6.07) is 13.5. The number of sulfone groups is 1. The molecule has 11 nitrogen and oxygen atoms in total. The van der Waals surface area contributed by atoms with Gasteiger partial charge in [-0.15, -0.1) is 13.2 Å². The third kappa shape index (κ3) is 8.81. The maximum Gasteiger partial charge on any atom is 0.573 e. The Bertz CT molecular complexity index is 1530. The molecule has 16 heteroatoms. The minimum atomic E-state index is -4.85. The number of benzene rings is 3. The topological polar surface area (TPSA) is 151 Å². The molecule has 1 atom stereocenters. The van der Waals surface area contributed by atoms with Gasteiger partial charge < -0.3 is 14.6 Å². The van der Waals surface area contributed by atoms with Crippen LogP contribution in [0, 0.1) is 0 Å². The Morgan fingerprint density at radius 1 is 0.854 bits per heavy atom. The summed E-state index contributed by atoms with van der Waals surface area (Å²) in [5.41, 5.74) is 0.744. The molecule has 0 aromatic heterocycles. The summed E-state index contributed by atoms with van der Waals surface area (Å²) >= 11 is 0. The van der Waals surface area contributed by atoms with Crippen LogP contribution in [0.3, 0.4) is 0 Å². The van der Waals surface area contributed by atoms with E-state index in [4.69, 9.17) is 9.84 Å². The van der Waals surface area contributed by atoms with Crippen LogP contribution in [0.5, 0.6) is 17.2 Å². The number of carbonyl (C=O) groups excluding carboxylic acids is 1. The predicted octanol–water partition coefficient (Wildman–Crippen LogP) is 3.33. The average molecular weight is 619 g/mol. The first-order valence-electron chi connectivity index (χ1n) is 11.6. The van der Waals surface area contributed by atoms with E-state index in [0.717, 1.165) is 28.6 Å². The Balaban J connectivity index is 1.72. The van der Waals surface area contributed by atoms with Crippen LogP contribution in [0.2, 0.25) is 0 Å². The summed E-state index contributed by atoms with van der Waals surface area (Å²) in [5.74, 6) is -2.06. The highest BCUT2D eigenvalue weighted by molar-refractivity contribution is 7.93. The van der Waals surface area contributed by atoms with Crippen LogP contribution in [-0.4, -0.2) is 69.6 Å². The van der Waals surface area contributed by atoms with Gasteiger partial charge in [0.15, 0.2) is 9.84 Å². The van der Waals surface area contributed by atoms with Crippen molar-refractivity contribution in [3.8, 4) is 17.2 Å². The fourth-order valence-electron chi connectivity index (χ4n) is 3.52. The summed E-state index contributed by atoms with van der Waals surface area (Å²) in [7, 11) is -7.28. The smallest absolute Gasteiger partial charge is 0.457 e. The molecule has 0 aliphatic carbocycles. The molecule has 0 saturated carbocycles. The first kappa shape index (κ1) is 31.7. The van der Waals surface area contributed by atoms with E-state index < -0.39 is 49.5 Å². The number of hydrogen-bond acceptors (Lipinski definition) is 9. The van der Waals surface area contributed by atoms with Crippen molar-refractivity contribution in [1.82, 2.24) is 5.06 Å². The molecule has 0 aliphatic rings. The van der Waals surface area contributed by atoms with Crippen LogP contribution in [0.15, 0.2) is 77.7 Å². The summed E-state index contributed by atoms with van der Waals surface area (Å²) in [4.78, 5) is 11.0. The number of alkyl halides is 3.